The quantitative estimate of drug-likeness (QED) is 0.826. The van der Waals surface area contributed by atoms with Gasteiger partial charge in [0.05, 0.1) is 5.56 Å². The van der Waals surface area contributed by atoms with Gasteiger partial charge in [0.1, 0.15) is 0 Å². The van der Waals surface area contributed by atoms with Gasteiger partial charge in [0.2, 0.25) is 0 Å². The van der Waals surface area contributed by atoms with Crippen LogP contribution in [0, 0.1) is 5.92 Å². The molecular formula is C14H20F3N. The summed E-state index contributed by atoms with van der Waals surface area (Å²) < 4.78 is 38.6. The van der Waals surface area contributed by atoms with Crippen LogP contribution in [0.2, 0.25) is 0 Å². The van der Waals surface area contributed by atoms with Crippen LogP contribution < -0.4 is 5.73 Å². The van der Waals surface area contributed by atoms with Crippen molar-refractivity contribution >= 4 is 0 Å². The Morgan fingerprint density at radius 1 is 1.11 bits per heavy atom. The van der Waals surface area contributed by atoms with E-state index in [4.69, 9.17) is 5.73 Å². The van der Waals surface area contributed by atoms with E-state index in [0.29, 0.717) is 12.3 Å². The second-order valence-corrected chi connectivity index (χ2v) is 4.61. The fraction of sp³-hybridized carbons (Fsp3) is 0.571. The standard InChI is InChI=1S/C14H20F3N/c1-3-10(4-2)9-13(18)11-7-5-6-8-12(11)14(15,16)17/h5-8,10,13H,3-4,9,18H2,1-2H3. The lowest BCUT2D eigenvalue weighted by Crippen LogP contribution is -2.19. The molecule has 0 aliphatic heterocycles. The van der Waals surface area contributed by atoms with E-state index >= 15 is 0 Å². The van der Waals surface area contributed by atoms with Crippen molar-refractivity contribution in [3.05, 3.63) is 35.4 Å². The van der Waals surface area contributed by atoms with Gasteiger partial charge < -0.3 is 5.73 Å². The molecule has 0 aliphatic carbocycles. The molecule has 0 aliphatic rings. The number of halogens is 3. The van der Waals surface area contributed by atoms with E-state index in [1.54, 1.807) is 6.07 Å². The smallest absolute Gasteiger partial charge is 0.324 e. The minimum Gasteiger partial charge on any atom is -0.324 e. The summed E-state index contributed by atoms with van der Waals surface area (Å²) >= 11 is 0. The molecule has 0 amide bonds. The maximum atomic E-state index is 12.9. The molecule has 1 atom stereocenters. The zero-order chi connectivity index (χ0) is 13.8. The average Bonchev–Trinajstić information content (AvgIpc) is 2.34. The number of benzene rings is 1. The van der Waals surface area contributed by atoms with Crippen molar-refractivity contribution in [3.63, 3.8) is 0 Å². The summed E-state index contributed by atoms with van der Waals surface area (Å²) in [6.45, 7) is 4.08. The summed E-state index contributed by atoms with van der Waals surface area (Å²) in [4.78, 5) is 0. The van der Waals surface area contributed by atoms with Gasteiger partial charge in [-0.1, -0.05) is 44.9 Å². The Hall–Kier alpha value is -1.03. The Balaban J connectivity index is 2.95. The summed E-state index contributed by atoms with van der Waals surface area (Å²) in [5.74, 6) is 0.376. The van der Waals surface area contributed by atoms with Gasteiger partial charge in [0.25, 0.3) is 0 Å². The van der Waals surface area contributed by atoms with E-state index in [1.807, 2.05) is 13.8 Å². The first-order chi connectivity index (χ1) is 8.40. The predicted molar refractivity (Wildman–Crippen MR) is 67.1 cm³/mol. The van der Waals surface area contributed by atoms with Gasteiger partial charge >= 0.3 is 6.18 Å². The third kappa shape index (κ3) is 3.73. The summed E-state index contributed by atoms with van der Waals surface area (Å²) in [5, 5.41) is 0. The van der Waals surface area contributed by atoms with Crippen LogP contribution in [0.15, 0.2) is 24.3 Å². The molecule has 1 aromatic rings. The van der Waals surface area contributed by atoms with E-state index in [1.165, 1.54) is 12.1 Å². The van der Waals surface area contributed by atoms with Gasteiger partial charge in [-0.25, -0.2) is 0 Å². The molecule has 0 aromatic heterocycles. The molecule has 1 nitrogen and oxygen atoms in total. The lowest BCUT2D eigenvalue weighted by molar-refractivity contribution is -0.138. The van der Waals surface area contributed by atoms with E-state index in [2.05, 4.69) is 0 Å². The minimum atomic E-state index is -4.33. The summed E-state index contributed by atoms with van der Waals surface area (Å²) in [7, 11) is 0. The molecular weight excluding hydrogens is 239 g/mol. The molecule has 0 saturated carbocycles. The van der Waals surface area contributed by atoms with Gasteiger partial charge in [-0.05, 0) is 24.0 Å². The van der Waals surface area contributed by atoms with Crippen LogP contribution in [0.5, 0.6) is 0 Å². The molecule has 0 radical (unpaired) electrons. The van der Waals surface area contributed by atoms with Crippen LogP contribution in [0.3, 0.4) is 0 Å². The van der Waals surface area contributed by atoms with Crippen molar-refractivity contribution in [3.8, 4) is 0 Å². The predicted octanol–water partition coefficient (Wildman–Crippen LogP) is 4.53. The van der Waals surface area contributed by atoms with Crippen LogP contribution in [-0.2, 0) is 6.18 Å². The van der Waals surface area contributed by atoms with Gasteiger partial charge in [-0.3, -0.25) is 0 Å². The monoisotopic (exact) mass is 259 g/mol. The highest BCUT2D eigenvalue weighted by Gasteiger charge is 2.34. The highest BCUT2D eigenvalue weighted by Crippen LogP contribution is 2.35. The molecule has 1 rings (SSSR count). The molecule has 1 aromatic carbocycles. The second-order valence-electron chi connectivity index (χ2n) is 4.61. The van der Waals surface area contributed by atoms with E-state index in [-0.39, 0.29) is 5.56 Å². The molecule has 2 N–H and O–H groups in total. The molecule has 0 saturated heterocycles. The van der Waals surface area contributed by atoms with E-state index < -0.39 is 17.8 Å². The topological polar surface area (TPSA) is 26.0 Å². The van der Waals surface area contributed by atoms with Crippen LogP contribution in [0.4, 0.5) is 13.2 Å². The molecule has 4 heteroatoms. The minimum absolute atomic E-state index is 0.205. The summed E-state index contributed by atoms with van der Waals surface area (Å²) in [6.07, 6.45) is -1.85. The first-order valence-corrected chi connectivity index (χ1v) is 6.31. The van der Waals surface area contributed by atoms with Crippen molar-refractivity contribution in [2.45, 2.75) is 45.3 Å². The third-order valence-corrected chi connectivity index (χ3v) is 3.41. The fourth-order valence-electron chi connectivity index (χ4n) is 2.19. The van der Waals surface area contributed by atoms with Crippen molar-refractivity contribution < 1.29 is 13.2 Å². The number of alkyl halides is 3. The van der Waals surface area contributed by atoms with Crippen molar-refractivity contribution in [2.75, 3.05) is 0 Å². The number of hydrogen-bond acceptors (Lipinski definition) is 1. The molecule has 0 bridgehead atoms. The molecule has 1 unspecified atom stereocenters. The lowest BCUT2D eigenvalue weighted by atomic mass is 9.89. The highest BCUT2D eigenvalue weighted by atomic mass is 19.4. The Morgan fingerprint density at radius 2 is 1.67 bits per heavy atom. The normalized spacial score (nSPS) is 13.9. The summed E-state index contributed by atoms with van der Waals surface area (Å²) in [6, 6.07) is 5.04. The maximum Gasteiger partial charge on any atom is 0.416 e. The van der Waals surface area contributed by atoms with Gasteiger partial charge in [-0.15, -0.1) is 0 Å². The molecule has 0 spiro atoms. The van der Waals surface area contributed by atoms with Crippen LogP contribution in [0.25, 0.3) is 0 Å². The van der Waals surface area contributed by atoms with Gasteiger partial charge in [0.15, 0.2) is 0 Å². The fourth-order valence-corrected chi connectivity index (χ4v) is 2.19. The molecule has 0 fully saturated rings. The largest absolute Gasteiger partial charge is 0.416 e. The van der Waals surface area contributed by atoms with Crippen molar-refractivity contribution in [1.29, 1.82) is 0 Å². The first-order valence-electron chi connectivity index (χ1n) is 6.31. The van der Waals surface area contributed by atoms with Gasteiger partial charge in [0, 0.05) is 6.04 Å². The first kappa shape index (κ1) is 15.0. The summed E-state index contributed by atoms with van der Waals surface area (Å²) in [5.41, 5.74) is 5.54. The molecule has 18 heavy (non-hydrogen) atoms. The maximum absolute atomic E-state index is 12.9. The van der Waals surface area contributed by atoms with E-state index in [0.717, 1.165) is 18.9 Å². The highest BCUT2D eigenvalue weighted by molar-refractivity contribution is 5.32. The Labute approximate surface area is 106 Å². The number of nitrogens with two attached hydrogens (primary N) is 1. The van der Waals surface area contributed by atoms with Crippen LogP contribution >= 0.6 is 0 Å². The zero-order valence-corrected chi connectivity index (χ0v) is 10.8. The van der Waals surface area contributed by atoms with E-state index in [9.17, 15) is 13.2 Å². The molecule has 102 valence electrons. The Kier molecular flexibility index (Phi) is 5.20. The number of rotatable bonds is 5. The van der Waals surface area contributed by atoms with Crippen LogP contribution in [-0.4, -0.2) is 0 Å². The van der Waals surface area contributed by atoms with Crippen molar-refractivity contribution in [2.24, 2.45) is 11.7 Å². The lowest BCUT2D eigenvalue weighted by Gasteiger charge is -2.22. The SMILES string of the molecule is CCC(CC)CC(N)c1ccccc1C(F)(F)F. The number of hydrogen-bond donors (Lipinski definition) is 1. The second kappa shape index (κ2) is 6.23. The zero-order valence-electron chi connectivity index (χ0n) is 10.8. The average molecular weight is 259 g/mol. The third-order valence-electron chi connectivity index (χ3n) is 3.41. The van der Waals surface area contributed by atoms with Crippen LogP contribution in [0.1, 0.15) is 50.3 Å². The van der Waals surface area contributed by atoms with Crippen molar-refractivity contribution in [1.82, 2.24) is 0 Å². The Morgan fingerprint density at radius 3 is 2.17 bits per heavy atom. The van der Waals surface area contributed by atoms with Gasteiger partial charge in [-0.2, -0.15) is 13.2 Å². The Bertz CT molecular complexity index is 370. The molecule has 0 heterocycles.